The number of aliphatic imine (C=N–C) groups is 1. The Morgan fingerprint density at radius 3 is 2.33 bits per heavy atom. The van der Waals surface area contributed by atoms with Crippen LogP contribution in [0.3, 0.4) is 0 Å². The molecule has 1 aliphatic rings. The number of hydrogen-bond acceptors (Lipinski definition) is 3. The molecular weight excluding hydrogens is 416 g/mol. The predicted octanol–water partition coefficient (Wildman–Crippen LogP) is 6.87. The number of hydrogen-bond donors (Lipinski definition) is 0. The van der Waals surface area contributed by atoms with E-state index >= 15 is 0 Å². The van der Waals surface area contributed by atoms with E-state index in [1.807, 2.05) is 11.8 Å². The average Bonchev–Trinajstić information content (AvgIpc) is 2.88. The lowest BCUT2D eigenvalue weighted by Crippen LogP contribution is -2.09. The molecular formula is C23H21BrN2S. The summed E-state index contributed by atoms with van der Waals surface area (Å²) in [6.45, 7) is 0. The summed E-state index contributed by atoms with van der Waals surface area (Å²) in [6, 6.07) is 25.8. The highest BCUT2D eigenvalue weighted by atomic mass is 79.9. The maximum atomic E-state index is 5.03. The third-order valence-corrected chi connectivity index (χ3v) is 6.58. The third kappa shape index (κ3) is 4.12. The smallest absolute Gasteiger partial charge is 0.0769 e. The highest BCUT2D eigenvalue weighted by Gasteiger charge is 2.22. The summed E-state index contributed by atoms with van der Waals surface area (Å²) in [4.78, 5) is 8.41. The van der Waals surface area contributed by atoms with Crippen LogP contribution in [-0.4, -0.2) is 19.8 Å². The minimum atomic E-state index is 0.340. The molecule has 3 aromatic rings. The number of fused-ring (bicyclic) bond motifs is 1. The van der Waals surface area contributed by atoms with Crippen LogP contribution < -0.4 is 4.90 Å². The molecule has 1 unspecified atom stereocenters. The van der Waals surface area contributed by atoms with Gasteiger partial charge in [0.15, 0.2) is 0 Å². The molecule has 0 N–H and O–H groups in total. The zero-order chi connectivity index (χ0) is 18.8. The molecule has 27 heavy (non-hydrogen) atoms. The summed E-state index contributed by atoms with van der Waals surface area (Å²) in [6.07, 6.45) is 0.905. The SMILES string of the molecule is CN(C)c1ccc(C2CC(c3ccc(Br)cc3)=Nc3ccccc3S2)cc1. The van der Waals surface area contributed by atoms with Gasteiger partial charge in [-0.1, -0.05) is 52.3 Å². The first-order valence-electron chi connectivity index (χ1n) is 8.96. The van der Waals surface area contributed by atoms with Crippen LogP contribution in [0.15, 0.2) is 87.2 Å². The van der Waals surface area contributed by atoms with Crippen molar-refractivity contribution in [3.63, 3.8) is 0 Å². The van der Waals surface area contributed by atoms with Gasteiger partial charge in [0.1, 0.15) is 0 Å². The Labute approximate surface area is 173 Å². The third-order valence-electron chi connectivity index (χ3n) is 4.73. The van der Waals surface area contributed by atoms with Crippen LogP contribution in [0.25, 0.3) is 0 Å². The molecule has 1 aliphatic heterocycles. The molecule has 1 heterocycles. The second-order valence-corrected chi connectivity index (χ2v) is 8.99. The van der Waals surface area contributed by atoms with Gasteiger partial charge in [-0.05, 0) is 47.5 Å². The molecule has 3 aromatic carbocycles. The molecule has 0 bridgehead atoms. The van der Waals surface area contributed by atoms with Crippen LogP contribution >= 0.6 is 27.7 Å². The van der Waals surface area contributed by atoms with E-state index in [1.165, 1.54) is 21.7 Å². The molecule has 0 aromatic heterocycles. The van der Waals surface area contributed by atoms with Crippen LogP contribution in [0.1, 0.15) is 22.8 Å². The Kier molecular flexibility index (Phi) is 5.37. The molecule has 4 heteroatoms. The molecule has 4 rings (SSSR count). The van der Waals surface area contributed by atoms with Gasteiger partial charge >= 0.3 is 0 Å². The number of halogens is 1. The maximum Gasteiger partial charge on any atom is 0.0769 e. The summed E-state index contributed by atoms with van der Waals surface area (Å²) in [5.74, 6) is 0. The van der Waals surface area contributed by atoms with E-state index in [1.54, 1.807) is 0 Å². The molecule has 1 atom stereocenters. The van der Waals surface area contributed by atoms with Crippen molar-refractivity contribution < 1.29 is 0 Å². The first-order chi connectivity index (χ1) is 13.1. The van der Waals surface area contributed by atoms with Gasteiger partial charge in [-0.25, -0.2) is 0 Å². The van der Waals surface area contributed by atoms with Gasteiger partial charge in [0, 0.05) is 46.5 Å². The van der Waals surface area contributed by atoms with Gasteiger partial charge in [-0.15, -0.1) is 11.8 Å². The van der Waals surface area contributed by atoms with Gasteiger partial charge in [0.2, 0.25) is 0 Å². The molecule has 0 aliphatic carbocycles. The number of rotatable bonds is 3. The van der Waals surface area contributed by atoms with E-state index in [4.69, 9.17) is 4.99 Å². The topological polar surface area (TPSA) is 15.6 Å². The van der Waals surface area contributed by atoms with Gasteiger partial charge in [-0.2, -0.15) is 0 Å². The number of para-hydroxylation sites is 1. The van der Waals surface area contributed by atoms with Crippen LogP contribution in [0, 0.1) is 0 Å². The Bertz CT molecular complexity index is 962. The fraction of sp³-hybridized carbons (Fsp3) is 0.174. The quantitative estimate of drug-likeness (QED) is 0.444. The van der Waals surface area contributed by atoms with Crippen molar-refractivity contribution in [3.8, 4) is 0 Å². The van der Waals surface area contributed by atoms with Gasteiger partial charge in [0.05, 0.1) is 5.69 Å². The lowest BCUT2D eigenvalue weighted by atomic mass is 10.0. The Balaban J connectivity index is 1.74. The molecule has 0 saturated carbocycles. The first-order valence-corrected chi connectivity index (χ1v) is 10.6. The summed E-state index contributed by atoms with van der Waals surface area (Å²) >= 11 is 5.44. The van der Waals surface area contributed by atoms with E-state index in [9.17, 15) is 0 Å². The van der Waals surface area contributed by atoms with E-state index in [0.717, 1.165) is 22.3 Å². The van der Waals surface area contributed by atoms with Crippen molar-refractivity contribution >= 4 is 44.8 Å². The van der Waals surface area contributed by atoms with Crippen LogP contribution in [0.2, 0.25) is 0 Å². The molecule has 2 nitrogen and oxygen atoms in total. The Morgan fingerprint density at radius 1 is 0.926 bits per heavy atom. The van der Waals surface area contributed by atoms with Crippen LogP contribution in [-0.2, 0) is 0 Å². The second-order valence-electron chi connectivity index (χ2n) is 6.83. The van der Waals surface area contributed by atoms with Crippen molar-refractivity contribution in [2.45, 2.75) is 16.6 Å². The second kappa shape index (κ2) is 7.91. The van der Waals surface area contributed by atoms with Gasteiger partial charge < -0.3 is 4.90 Å². The number of nitrogens with zero attached hydrogens (tertiary/aromatic N) is 2. The summed E-state index contributed by atoms with van der Waals surface area (Å²) in [7, 11) is 4.15. The number of thioether (sulfide) groups is 1. The number of benzene rings is 3. The van der Waals surface area contributed by atoms with Gasteiger partial charge in [0.25, 0.3) is 0 Å². The Hall–Kier alpha value is -2.04. The van der Waals surface area contributed by atoms with Crippen LogP contribution in [0.5, 0.6) is 0 Å². The summed E-state index contributed by atoms with van der Waals surface area (Å²) in [5, 5.41) is 0.340. The van der Waals surface area contributed by atoms with Gasteiger partial charge in [-0.3, -0.25) is 4.99 Å². The van der Waals surface area contributed by atoms with E-state index < -0.39 is 0 Å². The van der Waals surface area contributed by atoms with E-state index in [-0.39, 0.29) is 0 Å². The fourth-order valence-corrected chi connectivity index (χ4v) is 4.71. The highest BCUT2D eigenvalue weighted by molar-refractivity contribution is 9.10. The van der Waals surface area contributed by atoms with Crippen molar-refractivity contribution in [3.05, 3.63) is 88.4 Å². The van der Waals surface area contributed by atoms with Crippen molar-refractivity contribution in [1.82, 2.24) is 0 Å². The zero-order valence-electron chi connectivity index (χ0n) is 15.4. The lowest BCUT2D eigenvalue weighted by Gasteiger charge is -2.18. The normalized spacial score (nSPS) is 16.3. The minimum Gasteiger partial charge on any atom is -0.378 e. The van der Waals surface area contributed by atoms with Crippen LogP contribution in [0.4, 0.5) is 11.4 Å². The average molecular weight is 437 g/mol. The molecule has 0 fully saturated rings. The number of anilines is 1. The van der Waals surface area contributed by atoms with Crippen molar-refractivity contribution in [2.24, 2.45) is 4.99 Å². The molecule has 0 radical (unpaired) electrons. The molecule has 0 saturated heterocycles. The molecule has 136 valence electrons. The lowest BCUT2D eigenvalue weighted by molar-refractivity contribution is 1.01. The monoisotopic (exact) mass is 436 g/mol. The van der Waals surface area contributed by atoms with Crippen molar-refractivity contribution in [2.75, 3.05) is 19.0 Å². The van der Waals surface area contributed by atoms with E-state index in [0.29, 0.717) is 5.25 Å². The molecule has 0 spiro atoms. The Morgan fingerprint density at radius 2 is 1.63 bits per heavy atom. The standard InChI is InChI=1S/C23H21BrN2S/c1-26(2)19-13-9-17(10-14-19)23-15-21(16-7-11-18(24)12-8-16)25-20-5-3-4-6-22(20)27-23/h3-14,23H,15H2,1-2H3. The first kappa shape index (κ1) is 18.3. The summed E-state index contributed by atoms with van der Waals surface area (Å²) in [5.41, 5.74) is 5.95. The van der Waals surface area contributed by atoms with Crippen molar-refractivity contribution in [1.29, 1.82) is 0 Å². The van der Waals surface area contributed by atoms with E-state index in [2.05, 4.69) is 108 Å². The predicted molar refractivity (Wildman–Crippen MR) is 121 cm³/mol. The highest BCUT2D eigenvalue weighted by Crippen LogP contribution is 2.45. The maximum absolute atomic E-state index is 5.03. The summed E-state index contributed by atoms with van der Waals surface area (Å²) < 4.78 is 1.09. The minimum absolute atomic E-state index is 0.340. The molecule has 0 amide bonds. The largest absolute Gasteiger partial charge is 0.378 e. The zero-order valence-corrected chi connectivity index (χ0v) is 17.8. The fourth-order valence-electron chi connectivity index (χ4n) is 3.21.